The van der Waals surface area contributed by atoms with Crippen LogP contribution in [0.2, 0.25) is 0 Å². The fourth-order valence-electron chi connectivity index (χ4n) is 0.970. The number of carboxylic acid groups (broad SMARTS) is 1. The van der Waals surface area contributed by atoms with Gasteiger partial charge in [0.15, 0.2) is 5.88 Å². The van der Waals surface area contributed by atoms with E-state index in [9.17, 15) is 14.7 Å². The second-order valence-corrected chi connectivity index (χ2v) is 4.69. The van der Waals surface area contributed by atoms with Crippen LogP contribution in [0.4, 0.5) is 4.79 Å². The Bertz CT molecular complexity index is 209. The van der Waals surface area contributed by atoms with Crippen molar-refractivity contribution >= 4 is 34.7 Å². The maximum Gasteiger partial charge on any atom is 0.275 e. The molecule has 0 aliphatic carbocycles. The molecule has 0 N–H and O–H groups in total. The van der Waals surface area contributed by atoms with Gasteiger partial charge in [0.05, 0.1) is 23.2 Å². The summed E-state index contributed by atoms with van der Waals surface area (Å²) in [5, 5.41) is 9.36. The first-order valence-corrected chi connectivity index (χ1v) is 5.62. The third kappa shape index (κ3) is 2.07. The molecule has 0 aromatic heterocycles. The molecule has 1 aliphatic rings. The normalized spacial score (nSPS) is 22.8. The van der Waals surface area contributed by atoms with Gasteiger partial charge in [-0.1, -0.05) is 0 Å². The van der Waals surface area contributed by atoms with Crippen molar-refractivity contribution in [3.63, 3.8) is 0 Å². The van der Waals surface area contributed by atoms with Crippen molar-refractivity contribution in [2.75, 3.05) is 23.9 Å². The van der Waals surface area contributed by atoms with E-state index in [0.29, 0.717) is 18.2 Å². The Morgan fingerprint density at radius 1 is 1.58 bits per heavy atom. The summed E-state index contributed by atoms with van der Waals surface area (Å²) in [5.74, 6) is 0.878. The minimum absolute atomic E-state index is 0.102. The van der Waals surface area contributed by atoms with Crippen LogP contribution in [0.1, 0.15) is 0 Å². The van der Waals surface area contributed by atoms with Crippen molar-refractivity contribution < 1.29 is 14.7 Å². The number of nitrogens with zero attached hydrogens (tertiary/aromatic N) is 1. The van der Waals surface area contributed by atoms with Crippen LogP contribution in [0.25, 0.3) is 0 Å². The Morgan fingerprint density at radius 3 is 2.67 bits per heavy atom. The third-order valence-electron chi connectivity index (χ3n) is 1.64. The highest BCUT2D eigenvalue weighted by Crippen LogP contribution is 2.10. The number of amides is 1. The maximum absolute atomic E-state index is 11.0. The molecule has 4 nitrogen and oxygen atoms in total. The number of carbonyl (C=O) groups excluding carboxylic acids is 2. The van der Waals surface area contributed by atoms with Crippen LogP contribution in [0.15, 0.2) is 0 Å². The van der Waals surface area contributed by atoms with E-state index in [1.807, 2.05) is 0 Å². The molecule has 1 fully saturated rings. The van der Waals surface area contributed by atoms with Crippen LogP contribution in [0, 0.1) is 0 Å². The molecule has 68 valence electrons. The topological polar surface area (TPSA) is 60.4 Å². The molecule has 0 radical (unpaired) electrons. The molecule has 1 saturated heterocycles. The fraction of sp³-hybridized carbons (Fsp3) is 0.667. The summed E-state index contributed by atoms with van der Waals surface area (Å²) in [6, 6.07) is 0. The molecule has 0 spiro atoms. The molecule has 0 aromatic carbocycles. The molecule has 1 aliphatic heterocycles. The molecule has 0 bridgehead atoms. The minimum Gasteiger partial charge on any atom is -0.504 e. The third-order valence-corrected chi connectivity index (χ3v) is 3.68. The summed E-state index contributed by atoms with van der Waals surface area (Å²) in [6.07, 6.45) is 0. The predicted octanol–water partition coefficient (Wildman–Crippen LogP) is -1.32. The largest absolute Gasteiger partial charge is 0.504 e. The highest BCUT2D eigenvalue weighted by atomic mass is 32.2. The van der Waals surface area contributed by atoms with E-state index in [0.717, 1.165) is 0 Å². The lowest BCUT2D eigenvalue weighted by molar-refractivity contribution is -0.233. The lowest BCUT2D eigenvalue weighted by atomic mass is 10.5. The molecule has 0 saturated carbocycles. The van der Waals surface area contributed by atoms with Crippen LogP contribution >= 0.6 is 12.6 Å². The Kier molecular flexibility index (Phi) is 3.28. The summed E-state index contributed by atoms with van der Waals surface area (Å²) in [6.45, 7) is 0.524. The standard InChI is InChI=1S/C6H9NO3S2/c8-5(3-11)7-1-2-12(4-7)6(9)10/h1-4H2,(H-,9,10,11). The van der Waals surface area contributed by atoms with Crippen molar-refractivity contribution in [1.82, 2.24) is 4.90 Å². The van der Waals surface area contributed by atoms with Gasteiger partial charge in [0, 0.05) is 0 Å². The van der Waals surface area contributed by atoms with Crippen LogP contribution < -0.4 is 5.11 Å². The van der Waals surface area contributed by atoms with Gasteiger partial charge in [-0.2, -0.15) is 12.6 Å². The van der Waals surface area contributed by atoms with E-state index in [-0.39, 0.29) is 11.7 Å². The van der Waals surface area contributed by atoms with E-state index in [1.54, 1.807) is 0 Å². The smallest absolute Gasteiger partial charge is 0.275 e. The molecule has 1 atom stereocenters. The Labute approximate surface area is 78.7 Å². The quantitative estimate of drug-likeness (QED) is 0.428. The summed E-state index contributed by atoms with van der Waals surface area (Å²) in [4.78, 5) is 22.9. The van der Waals surface area contributed by atoms with Gasteiger partial charge in [-0.15, -0.1) is 0 Å². The maximum atomic E-state index is 11.0. The van der Waals surface area contributed by atoms with Crippen molar-refractivity contribution in [3.05, 3.63) is 0 Å². The first-order valence-electron chi connectivity index (χ1n) is 3.42. The van der Waals surface area contributed by atoms with Gasteiger partial charge in [-0.25, -0.2) is 0 Å². The molecule has 0 aromatic rings. The van der Waals surface area contributed by atoms with E-state index < -0.39 is 16.2 Å². The number of hydrogen-bond donors (Lipinski definition) is 1. The Morgan fingerprint density at radius 2 is 2.25 bits per heavy atom. The zero-order valence-electron chi connectivity index (χ0n) is 6.36. The zero-order chi connectivity index (χ0) is 9.14. The summed E-state index contributed by atoms with van der Waals surface area (Å²) in [5.41, 5.74) is 0. The Balaban J connectivity index is 2.45. The first-order chi connectivity index (χ1) is 5.65. The van der Waals surface area contributed by atoms with E-state index in [4.69, 9.17) is 0 Å². The lowest BCUT2D eigenvalue weighted by Crippen LogP contribution is -2.35. The highest BCUT2D eigenvalue weighted by molar-refractivity contribution is 8.10. The molecule has 1 amide bonds. The van der Waals surface area contributed by atoms with Crippen molar-refractivity contribution in [2.24, 2.45) is 0 Å². The Hall–Kier alpha value is -0.360. The van der Waals surface area contributed by atoms with Crippen molar-refractivity contribution in [3.8, 4) is 0 Å². The van der Waals surface area contributed by atoms with Crippen molar-refractivity contribution in [1.29, 1.82) is 0 Å². The molecular weight excluding hydrogens is 198 g/mol. The van der Waals surface area contributed by atoms with Crippen LogP contribution in [-0.2, 0) is 15.7 Å². The molecular formula is C6H9NO3S2. The fourth-order valence-corrected chi connectivity index (χ4v) is 2.66. The SMILES string of the molecule is O=C(CS)N1CC[S+](C(=O)[O-])C1. The number of rotatable bonds is 1. The number of carbonyl (C=O) groups is 2. The highest BCUT2D eigenvalue weighted by Gasteiger charge is 2.34. The van der Waals surface area contributed by atoms with Gasteiger partial charge in [0.25, 0.3) is 5.30 Å². The van der Waals surface area contributed by atoms with E-state index >= 15 is 0 Å². The molecule has 6 heteroatoms. The molecule has 1 rings (SSSR count). The van der Waals surface area contributed by atoms with Gasteiger partial charge in [0.2, 0.25) is 5.91 Å². The monoisotopic (exact) mass is 207 g/mol. The van der Waals surface area contributed by atoms with Gasteiger partial charge in [0.1, 0.15) is 5.75 Å². The van der Waals surface area contributed by atoms with Crippen LogP contribution in [-0.4, -0.2) is 40.0 Å². The van der Waals surface area contributed by atoms with E-state index in [2.05, 4.69) is 12.6 Å². The predicted molar refractivity (Wildman–Crippen MR) is 48.1 cm³/mol. The average Bonchev–Trinajstić information content (AvgIpc) is 2.51. The molecule has 1 unspecified atom stereocenters. The zero-order valence-corrected chi connectivity index (χ0v) is 8.07. The van der Waals surface area contributed by atoms with Gasteiger partial charge < -0.3 is 9.90 Å². The summed E-state index contributed by atoms with van der Waals surface area (Å²) in [7, 11) is -0.755. The first kappa shape index (κ1) is 9.73. The number of thiol groups is 1. The lowest BCUT2D eigenvalue weighted by Gasteiger charge is -2.09. The number of hydrogen-bond acceptors (Lipinski definition) is 4. The van der Waals surface area contributed by atoms with Crippen LogP contribution in [0.3, 0.4) is 0 Å². The molecule has 1 heterocycles. The average molecular weight is 207 g/mol. The molecule has 12 heavy (non-hydrogen) atoms. The van der Waals surface area contributed by atoms with Gasteiger partial charge in [-0.05, 0) is 0 Å². The summed E-state index contributed by atoms with van der Waals surface area (Å²) < 4.78 is 0. The summed E-state index contributed by atoms with van der Waals surface area (Å²) >= 11 is 3.82. The van der Waals surface area contributed by atoms with E-state index in [1.165, 1.54) is 4.90 Å². The van der Waals surface area contributed by atoms with Gasteiger partial charge in [-0.3, -0.25) is 9.69 Å². The minimum atomic E-state index is -1.04. The second-order valence-electron chi connectivity index (χ2n) is 2.39. The second kappa shape index (κ2) is 4.04. The van der Waals surface area contributed by atoms with Crippen LogP contribution in [0.5, 0.6) is 0 Å². The van der Waals surface area contributed by atoms with Gasteiger partial charge >= 0.3 is 0 Å². The van der Waals surface area contributed by atoms with Crippen molar-refractivity contribution in [2.45, 2.75) is 0 Å².